The number of ether oxygens (including phenoxy) is 1. The number of hydrogen-bond acceptors (Lipinski definition) is 4. The standard InChI is InChI=1S/C6H12N2O4/c1-5(9)8(6(7)10)12-4-3-11-2/h3-4H2,1-2H3,(H2,7,10). The maximum atomic E-state index is 10.6. The second kappa shape index (κ2) is 5.50. The molecule has 70 valence electrons. The van der Waals surface area contributed by atoms with Crippen molar-refractivity contribution in [2.45, 2.75) is 6.92 Å². The quantitative estimate of drug-likeness (QED) is 0.462. The van der Waals surface area contributed by atoms with Crippen molar-refractivity contribution in [1.82, 2.24) is 5.06 Å². The number of carbonyl (C=O) groups is 2. The SMILES string of the molecule is COCCON(C(C)=O)C(N)=O. The van der Waals surface area contributed by atoms with Crippen molar-refractivity contribution in [3.05, 3.63) is 0 Å². The van der Waals surface area contributed by atoms with Crippen molar-refractivity contribution < 1.29 is 19.2 Å². The lowest BCUT2D eigenvalue weighted by Crippen LogP contribution is -2.39. The van der Waals surface area contributed by atoms with E-state index in [1.807, 2.05) is 0 Å². The lowest BCUT2D eigenvalue weighted by atomic mass is 10.7. The number of primary amides is 1. The van der Waals surface area contributed by atoms with E-state index >= 15 is 0 Å². The van der Waals surface area contributed by atoms with Gasteiger partial charge in [-0.1, -0.05) is 0 Å². The van der Waals surface area contributed by atoms with E-state index in [2.05, 4.69) is 9.57 Å². The number of rotatable bonds is 4. The number of nitrogens with two attached hydrogens (primary N) is 1. The van der Waals surface area contributed by atoms with Gasteiger partial charge in [0.05, 0.1) is 13.2 Å². The molecule has 0 aliphatic rings. The average Bonchev–Trinajstić information content (AvgIpc) is 1.96. The Morgan fingerprint density at radius 2 is 2.00 bits per heavy atom. The van der Waals surface area contributed by atoms with Gasteiger partial charge in [-0.3, -0.25) is 9.63 Å². The van der Waals surface area contributed by atoms with Crippen molar-refractivity contribution in [3.8, 4) is 0 Å². The second-order valence-electron chi connectivity index (χ2n) is 1.98. The molecule has 12 heavy (non-hydrogen) atoms. The van der Waals surface area contributed by atoms with Crippen LogP contribution in [0, 0.1) is 0 Å². The fraction of sp³-hybridized carbons (Fsp3) is 0.667. The van der Waals surface area contributed by atoms with Gasteiger partial charge in [0.25, 0.3) is 5.91 Å². The van der Waals surface area contributed by atoms with Gasteiger partial charge in [0.1, 0.15) is 0 Å². The molecule has 0 bridgehead atoms. The highest BCUT2D eigenvalue weighted by molar-refractivity contribution is 5.90. The van der Waals surface area contributed by atoms with Gasteiger partial charge in [0.2, 0.25) is 0 Å². The summed E-state index contributed by atoms with van der Waals surface area (Å²) in [6, 6.07) is -0.932. The first kappa shape index (κ1) is 10.9. The molecule has 0 rings (SSSR count). The first-order chi connectivity index (χ1) is 5.59. The van der Waals surface area contributed by atoms with E-state index in [0.717, 1.165) is 0 Å². The maximum Gasteiger partial charge on any atom is 0.346 e. The third-order valence-corrected chi connectivity index (χ3v) is 0.994. The fourth-order valence-corrected chi connectivity index (χ4v) is 0.522. The van der Waals surface area contributed by atoms with E-state index in [-0.39, 0.29) is 13.2 Å². The molecular weight excluding hydrogens is 164 g/mol. The smallest absolute Gasteiger partial charge is 0.346 e. The van der Waals surface area contributed by atoms with Crippen LogP contribution >= 0.6 is 0 Å². The Morgan fingerprint density at radius 1 is 1.42 bits per heavy atom. The van der Waals surface area contributed by atoms with Crippen LogP contribution < -0.4 is 5.73 Å². The van der Waals surface area contributed by atoms with Crippen molar-refractivity contribution in [1.29, 1.82) is 0 Å². The zero-order valence-corrected chi connectivity index (χ0v) is 7.07. The van der Waals surface area contributed by atoms with Crippen molar-refractivity contribution in [3.63, 3.8) is 0 Å². The Labute approximate surface area is 70.2 Å². The predicted molar refractivity (Wildman–Crippen MR) is 39.9 cm³/mol. The van der Waals surface area contributed by atoms with Crippen LogP contribution in [0.15, 0.2) is 0 Å². The Morgan fingerprint density at radius 3 is 2.33 bits per heavy atom. The van der Waals surface area contributed by atoms with Crippen LogP contribution in [0.4, 0.5) is 4.79 Å². The first-order valence-corrected chi connectivity index (χ1v) is 3.31. The summed E-state index contributed by atoms with van der Waals surface area (Å²) in [5.74, 6) is -0.557. The maximum absolute atomic E-state index is 10.6. The molecule has 0 saturated heterocycles. The summed E-state index contributed by atoms with van der Waals surface area (Å²) in [4.78, 5) is 25.8. The van der Waals surface area contributed by atoms with Crippen molar-refractivity contribution in [2.75, 3.05) is 20.3 Å². The molecule has 2 N–H and O–H groups in total. The Kier molecular flexibility index (Phi) is 4.98. The topological polar surface area (TPSA) is 81.9 Å². The lowest BCUT2D eigenvalue weighted by Gasteiger charge is -2.14. The highest BCUT2D eigenvalue weighted by Crippen LogP contribution is 1.90. The number of methoxy groups -OCH3 is 1. The predicted octanol–water partition coefficient (Wildman–Crippen LogP) is -0.508. The van der Waals surface area contributed by atoms with Crippen LogP contribution in [-0.4, -0.2) is 37.3 Å². The van der Waals surface area contributed by atoms with Crippen LogP contribution in [0.25, 0.3) is 0 Å². The summed E-state index contributed by atoms with van der Waals surface area (Å²) in [6.45, 7) is 1.58. The summed E-state index contributed by atoms with van der Waals surface area (Å²) < 4.78 is 4.64. The number of urea groups is 1. The van der Waals surface area contributed by atoms with Crippen LogP contribution in [0.1, 0.15) is 6.92 Å². The zero-order valence-electron chi connectivity index (χ0n) is 7.07. The van der Waals surface area contributed by atoms with E-state index in [0.29, 0.717) is 5.06 Å². The lowest BCUT2D eigenvalue weighted by molar-refractivity contribution is -0.168. The number of hydrogen-bond donors (Lipinski definition) is 1. The second-order valence-corrected chi connectivity index (χ2v) is 1.98. The number of nitrogens with zero attached hydrogens (tertiary/aromatic N) is 1. The molecule has 0 heterocycles. The summed E-state index contributed by atoms with van der Waals surface area (Å²) in [7, 11) is 1.48. The van der Waals surface area contributed by atoms with Gasteiger partial charge in [-0.2, -0.15) is 0 Å². The molecule has 6 nitrogen and oxygen atoms in total. The average molecular weight is 176 g/mol. The largest absolute Gasteiger partial charge is 0.382 e. The Bertz CT molecular complexity index is 157. The summed E-state index contributed by atoms with van der Waals surface area (Å²) >= 11 is 0. The van der Waals surface area contributed by atoms with E-state index in [1.165, 1.54) is 14.0 Å². The summed E-state index contributed by atoms with van der Waals surface area (Å²) in [5, 5.41) is 0.485. The fourth-order valence-electron chi connectivity index (χ4n) is 0.522. The molecule has 3 amide bonds. The van der Waals surface area contributed by atoms with Gasteiger partial charge in [-0.05, 0) is 0 Å². The first-order valence-electron chi connectivity index (χ1n) is 3.31. The zero-order chi connectivity index (χ0) is 9.56. The van der Waals surface area contributed by atoms with Gasteiger partial charge in [0.15, 0.2) is 0 Å². The minimum Gasteiger partial charge on any atom is -0.382 e. The molecular formula is C6H12N2O4. The molecule has 0 saturated carbocycles. The molecule has 0 aromatic heterocycles. The Hall–Kier alpha value is -1.14. The number of hydroxylamine groups is 2. The molecule has 6 heteroatoms. The normalized spacial score (nSPS) is 9.50. The summed E-state index contributed by atoms with van der Waals surface area (Å²) in [6.07, 6.45) is 0. The molecule has 0 radical (unpaired) electrons. The molecule has 0 aliphatic heterocycles. The molecule has 0 spiro atoms. The number of amides is 3. The monoisotopic (exact) mass is 176 g/mol. The molecule has 0 aromatic carbocycles. The van der Waals surface area contributed by atoms with Crippen LogP contribution in [0.2, 0.25) is 0 Å². The van der Waals surface area contributed by atoms with E-state index in [9.17, 15) is 9.59 Å². The van der Waals surface area contributed by atoms with Crippen molar-refractivity contribution >= 4 is 11.9 Å². The highest BCUT2D eigenvalue weighted by Gasteiger charge is 2.14. The van der Waals surface area contributed by atoms with Crippen molar-refractivity contribution in [2.24, 2.45) is 5.73 Å². The van der Waals surface area contributed by atoms with E-state index < -0.39 is 11.9 Å². The molecule has 0 unspecified atom stereocenters. The van der Waals surface area contributed by atoms with Gasteiger partial charge in [-0.15, -0.1) is 5.06 Å². The molecule has 0 aromatic rings. The van der Waals surface area contributed by atoms with Gasteiger partial charge < -0.3 is 10.5 Å². The summed E-state index contributed by atoms with van der Waals surface area (Å²) in [5.41, 5.74) is 4.82. The van der Waals surface area contributed by atoms with Crippen LogP contribution in [0.5, 0.6) is 0 Å². The van der Waals surface area contributed by atoms with Gasteiger partial charge in [0, 0.05) is 14.0 Å². The van der Waals surface area contributed by atoms with E-state index in [4.69, 9.17) is 5.73 Å². The molecule has 0 aliphatic carbocycles. The van der Waals surface area contributed by atoms with Gasteiger partial charge >= 0.3 is 6.03 Å². The molecule has 0 atom stereocenters. The molecule has 0 fully saturated rings. The third-order valence-electron chi connectivity index (χ3n) is 0.994. The van der Waals surface area contributed by atoms with Gasteiger partial charge in [-0.25, -0.2) is 4.79 Å². The Balaban J connectivity index is 3.80. The number of carbonyl (C=O) groups excluding carboxylic acids is 2. The van der Waals surface area contributed by atoms with E-state index in [1.54, 1.807) is 0 Å². The van der Waals surface area contributed by atoms with Crippen LogP contribution in [-0.2, 0) is 14.4 Å². The van der Waals surface area contributed by atoms with Crippen LogP contribution in [0.3, 0.4) is 0 Å². The minimum absolute atomic E-state index is 0.110. The highest BCUT2D eigenvalue weighted by atomic mass is 16.7. The third kappa shape index (κ3) is 3.89. The number of imide groups is 1. The minimum atomic E-state index is -0.932.